The van der Waals surface area contributed by atoms with Crippen molar-refractivity contribution in [2.45, 2.75) is 55.6 Å². The molecule has 0 radical (unpaired) electrons. The Kier molecular flexibility index (Phi) is 3.32. The van der Waals surface area contributed by atoms with Gasteiger partial charge in [0.05, 0.1) is 23.7 Å². The molecule has 2 saturated heterocycles. The van der Waals surface area contributed by atoms with Crippen LogP contribution in [0.5, 0.6) is 0 Å². The molecule has 1 aromatic carbocycles. The van der Waals surface area contributed by atoms with Gasteiger partial charge in [-0.1, -0.05) is 24.3 Å². The Morgan fingerprint density at radius 3 is 2.19 bits per heavy atom. The standard InChI is InChI=1S/C25H23N5O2/c26-12-25(13-27)20-19(21-18-4-2-1-3-17(18)11-28-30(21)25)22(31)29(23(20)32)24-8-14-5-15(9-24)7-16(6-14)10-24/h1-4,11,14-16,19-21H,5-10H2/t14?,15?,16?,19-,20-,21-,24?/m0/s1. The Balaban J connectivity index is 1.38. The molecule has 3 heterocycles. The molecule has 7 nitrogen and oxygen atoms in total. The molecule has 0 aromatic heterocycles. The van der Waals surface area contributed by atoms with E-state index in [2.05, 4.69) is 17.2 Å². The van der Waals surface area contributed by atoms with E-state index in [4.69, 9.17) is 0 Å². The van der Waals surface area contributed by atoms with E-state index in [1.54, 1.807) is 11.1 Å². The lowest BCUT2D eigenvalue weighted by Gasteiger charge is -2.59. The summed E-state index contributed by atoms with van der Waals surface area (Å²) in [4.78, 5) is 29.7. The normalized spacial score (nSPS) is 41.8. The Bertz CT molecular complexity index is 1140. The smallest absolute Gasteiger partial charge is 0.242 e. The summed E-state index contributed by atoms with van der Waals surface area (Å²) in [7, 11) is 0. The Morgan fingerprint density at radius 1 is 0.938 bits per heavy atom. The third-order valence-corrected chi connectivity index (χ3v) is 9.22. The van der Waals surface area contributed by atoms with Crippen LogP contribution in [0.1, 0.15) is 55.7 Å². The Hall–Kier alpha value is -3.19. The first-order valence-corrected chi connectivity index (χ1v) is 11.6. The van der Waals surface area contributed by atoms with E-state index < -0.39 is 29.0 Å². The summed E-state index contributed by atoms with van der Waals surface area (Å²) in [6.45, 7) is 0. The van der Waals surface area contributed by atoms with Crippen molar-refractivity contribution in [3.63, 3.8) is 0 Å². The summed E-state index contributed by atoms with van der Waals surface area (Å²) in [6.07, 6.45) is 7.90. The van der Waals surface area contributed by atoms with Gasteiger partial charge in [-0.2, -0.15) is 15.6 Å². The molecule has 0 unspecified atom stereocenters. The average molecular weight is 425 g/mol. The molecule has 1 aromatic rings. The maximum absolute atomic E-state index is 14.1. The second-order valence-corrected chi connectivity index (χ2v) is 10.8. The highest BCUT2D eigenvalue weighted by Gasteiger charge is 2.74. The fraction of sp³-hybridized carbons (Fsp3) is 0.560. The highest BCUT2D eigenvalue weighted by atomic mass is 16.2. The number of imide groups is 1. The van der Waals surface area contributed by atoms with E-state index in [0.717, 1.165) is 30.4 Å². The van der Waals surface area contributed by atoms with Crippen LogP contribution in [0.25, 0.3) is 0 Å². The van der Waals surface area contributed by atoms with Crippen LogP contribution < -0.4 is 0 Å². The van der Waals surface area contributed by atoms with Gasteiger partial charge in [-0.15, -0.1) is 0 Å². The zero-order valence-electron chi connectivity index (χ0n) is 17.6. The molecule has 4 saturated carbocycles. The van der Waals surface area contributed by atoms with Crippen molar-refractivity contribution in [1.29, 1.82) is 10.5 Å². The van der Waals surface area contributed by atoms with Crippen molar-refractivity contribution in [1.82, 2.24) is 9.91 Å². The molecule has 7 aliphatic rings. The number of carbonyl (C=O) groups excluding carboxylic acids is 2. The van der Waals surface area contributed by atoms with Crippen LogP contribution >= 0.6 is 0 Å². The average Bonchev–Trinajstić information content (AvgIpc) is 3.23. The van der Waals surface area contributed by atoms with E-state index in [0.29, 0.717) is 17.8 Å². The van der Waals surface area contributed by atoms with Gasteiger partial charge in [0.1, 0.15) is 18.1 Å². The molecule has 4 aliphatic carbocycles. The van der Waals surface area contributed by atoms with E-state index in [1.165, 1.54) is 24.3 Å². The molecule has 3 atom stereocenters. The van der Waals surface area contributed by atoms with E-state index in [-0.39, 0.29) is 11.8 Å². The van der Waals surface area contributed by atoms with Crippen LogP contribution in [0.2, 0.25) is 0 Å². The summed E-state index contributed by atoms with van der Waals surface area (Å²) >= 11 is 0. The number of rotatable bonds is 1. The number of benzene rings is 1. The SMILES string of the molecule is N#CC1(C#N)[C@@H]2C(=O)N(C34CC5CC(CC(C5)C3)C4)C(=O)[C@@H]2[C@@H]2c3ccccc3C=NN21. The second kappa shape index (κ2) is 5.78. The predicted octanol–water partition coefficient (Wildman–Crippen LogP) is 2.75. The highest BCUT2D eigenvalue weighted by molar-refractivity contribution is 6.08. The van der Waals surface area contributed by atoms with E-state index in [9.17, 15) is 20.1 Å². The highest BCUT2D eigenvalue weighted by Crippen LogP contribution is 2.62. The van der Waals surface area contributed by atoms with E-state index in [1.807, 2.05) is 24.3 Å². The first-order valence-electron chi connectivity index (χ1n) is 11.6. The maximum Gasteiger partial charge on any atom is 0.242 e. The minimum atomic E-state index is -1.77. The first-order chi connectivity index (χ1) is 15.5. The van der Waals surface area contributed by atoms with Crippen molar-refractivity contribution in [2.75, 3.05) is 0 Å². The van der Waals surface area contributed by atoms with Crippen LogP contribution in [0.15, 0.2) is 29.4 Å². The van der Waals surface area contributed by atoms with Crippen LogP contribution in [0.3, 0.4) is 0 Å². The molecule has 0 spiro atoms. The number of nitriles is 2. The largest absolute Gasteiger partial charge is 0.276 e. The summed E-state index contributed by atoms with van der Waals surface area (Å²) in [5.41, 5.74) is -0.471. The van der Waals surface area contributed by atoms with Crippen LogP contribution in [0.4, 0.5) is 0 Å². The third-order valence-electron chi connectivity index (χ3n) is 9.22. The molecular weight excluding hydrogens is 402 g/mol. The summed E-state index contributed by atoms with van der Waals surface area (Å²) in [5.74, 6) is -0.551. The molecule has 7 heteroatoms. The number of fused-ring (bicyclic) bond motifs is 5. The zero-order chi connectivity index (χ0) is 21.8. The fourth-order valence-corrected chi connectivity index (χ4v) is 8.55. The van der Waals surface area contributed by atoms with Gasteiger partial charge in [0.25, 0.3) is 0 Å². The number of carbonyl (C=O) groups is 2. The summed E-state index contributed by atoms with van der Waals surface area (Å²) in [6, 6.07) is 11.3. The van der Waals surface area contributed by atoms with Gasteiger partial charge in [-0.25, -0.2) is 0 Å². The van der Waals surface area contributed by atoms with Crippen LogP contribution in [0, 0.1) is 52.3 Å². The van der Waals surface area contributed by atoms with Gasteiger partial charge in [0.15, 0.2) is 0 Å². The van der Waals surface area contributed by atoms with Crippen molar-refractivity contribution in [3.8, 4) is 12.1 Å². The third kappa shape index (κ3) is 1.95. The first kappa shape index (κ1) is 18.4. The summed E-state index contributed by atoms with van der Waals surface area (Å²) < 4.78 is 0. The van der Waals surface area contributed by atoms with Gasteiger partial charge >= 0.3 is 0 Å². The van der Waals surface area contributed by atoms with E-state index >= 15 is 0 Å². The summed E-state index contributed by atoms with van der Waals surface area (Å²) in [5, 5.41) is 26.3. The predicted molar refractivity (Wildman–Crippen MR) is 112 cm³/mol. The zero-order valence-corrected chi connectivity index (χ0v) is 17.6. The van der Waals surface area contributed by atoms with Gasteiger partial charge in [0, 0.05) is 0 Å². The topological polar surface area (TPSA) is 101 Å². The quantitative estimate of drug-likeness (QED) is 0.644. The lowest BCUT2D eigenvalue weighted by atomic mass is 9.52. The molecule has 6 fully saturated rings. The number of hydrogen-bond acceptors (Lipinski definition) is 6. The van der Waals surface area contributed by atoms with Gasteiger partial charge in [0.2, 0.25) is 17.4 Å². The monoisotopic (exact) mass is 425 g/mol. The lowest BCUT2D eigenvalue weighted by molar-refractivity contribution is -0.161. The number of hydrogen-bond donors (Lipinski definition) is 0. The van der Waals surface area contributed by atoms with Crippen molar-refractivity contribution < 1.29 is 9.59 Å². The minimum absolute atomic E-state index is 0.198. The number of likely N-dealkylation sites (tertiary alicyclic amines) is 1. The second-order valence-electron chi connectivity index (χ2n) is 10.8. The minimum Gasteiger partial charge on any atom is -0.276 e. The molecule has 32 heavy (non-hydrogen) atoms. The Morgan fingerprint density at radius 2 is 1.56 bits per heavy atom. The van der Waals surface area contributed by atoms with Gasteiger partial charge in [-0.3, -0.25) is 19.5 Å². The van der Waals surface area contributed by atoms with Gasteiger partial charge in [-0.05, 0) is 67.4 Å². The van der Waals surface area contributed by atoms with Gasteiger partial charge < -0.3 is 0 Å². The van der Waals surface area contributed by atoms with Crippen molar-refractivity contribution in [2.24, 2.45) is 34.7 Å². The Labute approximate surface area is 186 Å². The number of hydrazone groups is 1. The maximum atomic E-state index is 14.1. The molecule has 3 aliphatic heterocycles. The molecule has 160 valence electrons. The van der Waals surface area contributed by atoms with Crippen LogP contribution in [-0.2, 0) is 9.59 Å². The van der Waals surface area contributed by atoms with Crippen molar-refractivity contribution in [3.05, 3.63) is 35.4 Å². The van der Waals surface area contributed by atoms with Crippen molar-refractivity contribution >= 4 is 18.0 Å². The molecule has 2 amide bonds. The molecule has 0 N–H and O–H groups in total. The van der Waals surface area contributed by atoms with Crippen LogP contribution in [-0.4, -0.2) is 39.0 Å². The molecule has 4 bridgehead atoms. The molecule has 8 rings (SSSR count). The lowest BCUT2D eigenvalue weighted by Crippen LogP contribution is -2.63. The number of amides is 2. The fourth-order valence-electron chi connectivity index (χ4n) is 8.55. The number of nitrogens with zero attached hydrogens (tertiary/aromatic N) is 5. The molecular formula is C25H23N5O2.